The molecule has 0 unspecified atom stereocenters. The van der Waals surface area contributed by atoms with Gasteiger partial charge < -0.3 is 18.6 Å². The van der Waals surface area contributed by atoms with Gasteiger partial charge in [0.15, 0.2) is 0 Å². The zero-order valence-corrected chi connectivity index (χ0v) is 33.4. The number of fused-ring (bicyclic) bond motifs is 12. The number of rotatable bonds is 4. The minimum absolute atomic E-state index is 0.132. The predicted molar refractivity (Wildman–Crippen MR) is 253 cm³/mol. The maximum atomic E-state index is 12.1. The molecule has 0 bridgehead atoms. The van der Waals surface area contributed by atoms with Gasteiger partial charge in [0.05, 0.1) is 61.9 Å². The molecular formula is C56H34N6. The first-order chi connectivity index (χ1) is 30.8. The summed E-state index contributed by atoms with van der Waals surface area (Å²) in [5.74, 6) is 0. The van der Waals surface area contributed by atoms with Gasteiger partial charge in [0.2, 0.25) is 0 Å². The molecule has 0 radical (unpaired) electrons. The Bertz CT molecular complexity index is 3580. The van der Waals surface area contributed by atoms with E-state index >= 15 is 0 Å². The summed E-state index contributed by atoms with van der Waals surface area (Å²) < 4.78 is 6.91. The Kier molecular flexibility index (Phi) is 7.17. The van der Waals surface area contributed by atoms with Crippen LogP contribution in [0.1, 0.15) is 23.1 Å². The van der Waals surface area contributed by atoms with E-state index in [0.29, 0.717) is 28.2 Å². The third kappa shape index (κ3) is 4.45. The molecule has 13 rings (SSSR count). The summed E-state index contributed by atoms with van der Waals surface area (Å²) in [5, 5.41) is 30.8. The highest BCUT2D eigenvalue weighted by Crippen LogP contribution is 2.54. The van der Waals surface area contributed by atoms with Crippen LogP contribution >= 0.6 is 0 Å². The van der Waals surface area contributed by atoms with Crippen molar-refractivity contribution in [1.29, 1.82) is 10.5 Å². The molecule has 0 saturated carbocycles. The van der Waals surface area contributed by atoms with E-state index in [1.165, 1.54) is 5.57 Å². The van der Waals surface area contributed by atoms with Crippen molar-refractivity contribution >= 4 is 82.4 Å². The minimum Gasteiger partial charge on any atom is -0.331 e. The number of benzene rings is 8. The minimum atomic E-state index is -0.132. The summed E-state index contributed by atoms with van der Waals surface area (Å²) in [6.07, 6.45) is 7.24. The number of hydrogen-bond acceptors (Lipinski definition) is 3. The van der Waals surface area contributed by atoms with Gasteiger partial charge in [-0.1, -0.05) is 146 Å². The summed E-state index contributed by atoms with van der Waals surface area (Å²) >= 11 is 0. The van der Waals surface area contributed by atoms with Crippen LogP contribution in [-0.2, 0) is 0 Å². The van der Waals surface area contributed by atoms with Gasteiger partial charge in [0, 0.05) is 43.6 Å². The van der Waals surface area contributed by atoms with Crippen LogP contribution in [0.2, 0.25) is 0 Å². The number of allylic oxidation sites excluding steroid dienone is 2. The SMILES string of the molecule is N#Cc1c(N2c3ccccc3C3=CC=CC[C@@H]32)c(C#N)c(-n2c3ccccc3c3ccccc32)c(-n2c3ccccc3c3ccccc32)c1-n1c2ccccc2c2ccccc21. The van der Waals surface area contributed by atoms with Crippen molar-refractivity contribution in [2.75, 3.05) is 4.90 Å². The van der Waals surface area contributed by atoms with Crippen LogP contribution in [-0.4, -0.2) is 19.7 Å². The maximum Gasteiger partial charge on any atom is 0.104 e. The highest BCUT2D eigenvalue weighted by molar-refractivity contribution is 6.15. The average molecular weight is 791 g/mol. The highest BCUT2D eigenvalue weighted by atomic mass is 15.2. The van der Waals surface area contributed by atoms with Gasteiger partial charge in [-0.2, -0.15) is 10.5 Å². The van der Waals surface area contributed by atoms with Crippen LogP contribution in [0, 0.1) is 22.7 Å². The third-order valence-corrected chi connectivity index (χ3v) is 13.2. The molecule has 0 amide bonds. The first kappa shape index (κ1) is 34.3. The molecule has 4 heterocycles. The Hall–Kier alpha value is -8.58. The summed E-state index contributed by atoms with van der Waals surface area (Å²) in [7, 11) is 0. The lowest BCUT2D eigenvalue weighted by Crippen LogP contribution is -2.30. The number of nitriles is 2. The van der Waals surface area contributed by atoms with Gasteiger partial charge in [-0.05, 0) is 54.5 Å². The Morgan fingerprint density at radius 1 is 0.403 bits per heavy atom. The molecule has 0 spiro atoms. The Morgan fingerprint density at radius 2 is 0.758 bits per heavy atom. The zero-order chi connectivity index (χ0) is 41.1. The van der Waals surface area contributed by atoms with Crippen molar-refractivity contribution in [2.24, 2.45) is 0 Å². The molecule has 0 fully saturated rings. The molecule has 1 atom stereocenters. The quantitative estimate of drug-likeness (QED) is 0.178. The fourth-order valence-electron chi connectivity index (χ4n) is 10.8. The van der Waals surface area contributed by atoms with Gasteiger partial charge >= 0.3 is 0 Å². The molecule has 6 nitrogen and oxygen atoms in total. The molecule has 1 aliphatic heterocycles. The van der Waals surface area contributed by atoms with Crippen molar-refractivity contribution in [2.45, 2.75) is 12.5 Å². The van der Waals surface area contributed by atoms with Crippen molar-refractivity contribution in [1.82, 2.24) is 13.7 Å². The van der Waals surface area contributed by atoms with Crippen LogP contribution in [0.5, 0.6) is 0 Å². The Labute approximate surface area is 356 Å². The molecule has 0 saturated heterocycles. The van der Waals surface area contributed by atoms with E-state index in [0.717, 1.165) is 88.8 Å². The van der Waals surface area contributed by atoms with Gasteiger partial charge in [-0.25, -0.2) is 0 Å². The molecule has 3 aromatic heterocycles. The second kappa shape index (κ2) is 13.0. The van der Waals surface area contributed by atoms with E-state index in [1.54, 1.807) is 0 Å². The average Bonchev–Trinajstić information content (AvgIpc) is 4.06. The summed E-state index contributed by atoms with van der Waals surface area (Å²) in [6.45, 7) is 0. The third-order valence-electron chi connectivity index (χ3n) is 13.2. The van der Waals surface area contributed by atoms with Crippen molar-refractivity contribution < 1.29 is 0 Å². The lowest BCUT2D eigenvalue weighted by molar-refractivity contribution is 0.825. The predicted octanol–water partition coefficient (Wildman–Crippen LogP) is 13.6. The number of para-hydroxylation sites is 7. The molecular weight excluding hydrogens is 757 g/mol. The van der Waals surface area contributed by atoms with E-state index in [9.17, 15) is 10.5 Å². The summed E-state index contributed by atoms with van der Waals surface area (Å²) in [4.78, 5) is 2.30. The van der Waals surface area contributed by atoms with Crippen LogP contribution in [0.25, 0.3) is 88.1 Å². The van der Waals surface area contributed by atoms with E-state index in [1.807, 2.05) is 0 Å². The molecule has 8 aromatic carbocycles. The van der Waals surface area contributed by atoms with Gasteiger partial charge in [0.1, 0.15) is 23.3 Å². The Balaban J connectivity index is 1.36. The van der Waals surface area contributed by atoms with Crippen LogP contribution in [0.4, 0.5) is 11.4 Å². The maximum absolute atomic E-state index is 12.1. The van der Waals surface area contributed by atoms with E-state index in [2.05, 4.69) is 219 Å². The van der Waals surface area contributed by atoms with Gasteiger partial charge in [-0.3, -0.25) is 0 Å². The molecule has 62 heavy (non-hydrogen) atoms. The molecule has 2 aliphatic rings. The fourth-order valence-corrected chi connectivity index (χ4v) is 10.8. The highest BCUT2D eigenvalue weighted by Gasteiger charge is 2.41. The standard InChI is InChI=1S/C56H34N6/c57-33-43-53(59-45-25-9-1-17-35(45)36-18-2-10-26-46(36)59)44(34-58)55(61-49-29-13-5-21-39(49)40-22-6-14-30-50(40)61)56(62-51-31-15-7-23-41(51)42-24-8-16-32-52(42)62)54(43)60-47-27-11-3-19-37(47)38-20-4-12-28-48(38)60/h1-25,27-32,46H,26H2/t46-/m0/s1. The largest absolute Gasteiger partial charge is 0.331 e. The topological polar surface area (TPSA) is 65.6 Å². The lowest BCUT2D eigenvalue weighted by Gasteiger charge is -2.33. The summed E-state index contributed by atoms with van der Waals surface area (Å²) in [5.41, 5.74) is 12.8. The number of hydrogen-bond donors (Lipinski definition) is 0. The summed E-state index contributed by atoms with van der Waals surface area (Å²) in [6, 6.07) is 64.9. The number of anilines is 2. The van der Waals surface area contributed by atoms with Crippen LogP contribution in [0.3, 0.4) is 0 Å². The van der Waals surface area contributed by atoms with Crippen LogP contribution < -0.4 is 4.90 Å². The van der Waals surface area contributed by atoms with E-state index < -0.39 is 0 Å². The second-order valence-electron chi connectivity index (χ2n) is 16.2. The lowest BCUT2D eigenvalue weighted by atomic mass is 9.94. The molecule has 0 N–H and O–H groups in total. The van der Waals surface area contributed by atoms with Crippen molar-refractivity contribution in [3.05, 3.63) is 205 Å². The van der Waals surface area contributed by atoms with Gasteiger partial charge in [0.25, 0.3) is 0 Å². The first-order valence-electron chi connectivity index (χ1n) is 21.0. The van der Waals surface area contributed by atoms with Crippen molar-refractivity contribution in [3.63, 3.8) is 0 Å². The van der Waals surface area contributed by atoms with E-state index in [-0.39, 0.29) is 6.04 Å². The van der Waals surface area contributed by atoms with Gasteiger partial charge in [-0.15, -0.1) is 0 Å². The smallest absolute Gasteiger partial charge is 0.104 e. The first-order valence-corrected chi connectivity index (χ1v) is 21.0. The fraction of sp³-hybridized carbons (Fsp3) is 0.0357. The Morgan fingerprint density at radius 3 is 1.16 bits per heavy atom. The molecule has 11 aromatic rings. The monoisotopic (exact) mass is 790 g/mol. The second-order valence-corrected chi connectivity index (χ2v) is 16.2. The molecule has 6 heteroatoms. The van der Waals surface area contributed by atoms with Crippen LogP contribution in [0.15, 0.2) is 188 Å². The van der Waals surface area contributed by atoms with E-state index in [4.69, 9.17) is 0 Å². The van der Waals surface area contributed by atoms with Crippen molar-refractivity contribution in [3.8, 4) is 29.2 Å². The number of aromatic nitrogens is 3. The molecule has 288 valence electrons. The molecule has 1 aliphatic carbocycles. The number of nitrogens with zero attached hydrogens (tertiary/aromatic N) is 6. The zero-order valence-electron chi connectivity index (χ0n) is 33.4. The normalized spacial score (nSPS) is 14.5.